The summed E-state index contributed by atoms with van der Waals surface area (Å²) < 4.78 is 27.8. The van der Waals surface area contributed by atoms with E-state index in [4.69, 9.17) is 5.73 Å². The zero-order valence-electron chi connectivity index (χ0n) is 23.1. The summed E-state index contributed by atoms with van der Waals surface area (Å²) in [5, 5.41) is 15.1. The number of hydrogen-bond acceptors (Lipinski definition) is 6. The Morgan fingerprint density at radius 1 is 1.05 bits per heavy atom. The van der Waals surface area contributed by atoms with E-state index >= 15 is 0 Å². The number of unbranched alkanes of at least 4 members (excludes halogenated alkanes) is 1. The summed E-state index contributed by atoms with van der Waals surface area (Å²) in [6, 6.07) is 3.84. The number of nitrogens with two attached hydrogens (primary N) is 1. The second-order valence-electron chi connectivity index (χ2n) is 10.9. The molecule has 1 rings (SSSR count). The minimum absolute atomic E-state index is 0.0278. The molecule has 0 spiro atoms. The van der Waals surface area contributed by atoms with Crippen LogP contribution >= 0.6 is 0 Å². The molecule has 0 aliphatic rings. The van der Waals surface area contributed by atoms with Gasteiger partial charge in [-0.15, -0.1) is 0 Å². The van der Waals surface area contributed by atoms with Crippen LogP contribution in [0.5, 0.6) is 0 Å². The van der Waals surface area contributed by atoms with E-state index < -0.39 is 51.2 Å². The van der Waals surface area contributed by atoms with E-state index in [1.165, 1.54) is 12.1 Å². The first-order valence-electron chi connectivity index (χ1n) is 12.6. The lowest BCUT2D eigenvalue weighted by Crippen LogP contribution is -2.51. The van der Waals surface area contributed by atoms with Crippen molar-refractivity contribution in [2.75, 3.05) is 13.1 Å². The van der Waals surface area contributed by atoms with Crippen molar-refractivity contribution in [3.05, 3.63) is 29.8 Å². The van der Waals surface area contributed by atoms with Gasteiger partial charge < -0.3 is 21.5 Å². The second kappa shape index (κ2) is 14.2. The van der Waals surface area contributed by atoms with E-state index in [1.54, 1.807) is 32.9 Å². The molecule has 2 atom stereocenters. The summed E-state index contributed by atoms with van der Waals surface area (Å²) in [7, 11) is -4.06. The molecule has 0 heterocycles. The Labute approximate surface area is 225 Å². The first-order valence-corrected chi connectivity index (χ1v) is 14.1. The van der Waals surface area contributed by atoms with Gasteiger partial charge in [-0.05, 0) is 44.2 Å². The number of hydrogen-bond donors (Lipinski definition) is 4. The largest absolute Gasteiger partial charge is 0.480 e. The highest BCUT2D eigenvalue weighted by molar-refractivity contribution is 7.89. The number of rotatable bonds is 15. The van der Waals surface area contributed by atoms with Crippen LogP contribution in [0.4, 0.5) is 0 Å². The number of carbonyl (C=O) groups excluding carboxylic acids is 3. The molecule has 0 aromatic heterocycles. The lowest BCUT2D eigenvalue weighted by atomic mass is 9.95. The summed E-state index contributed by atoms with van der Waals surface area (Å²) in [4.78, 5) is 48.4. The van der Waals surface area contributed by atoms with Gasteiger partial charge in [-0.2, -0.15) is 4.31 Å². The summed E-state index contributed by atoms with van der Waals surface area (Å²) in [5.41, 5.74) is 5.33. The average Bonchev–Trinajstić information content (AvgIpc) is 2.78. The standard InChI is InChI=1S/C26H42N4O7S/c1-17(2)16-30(38(36,37)19-12-10-18(3)11-13-19)21(24(33)34)9-7-8-14-28-23(32)20(15-22(27)31)29-25(35)26(4,5)6/h10-13,17,20-21H,7-9,14-16H2,1-6H3,(H2,27,31)(H,28,32)(H,29,35)(H,33,34)/t20-,21-/m0/s1. The van der Waals surface area contributed by atoms with E-state index in [2.05, 4.69) is 10.6 Å². The zero-order chi connectivity index (χ0) is 29.3. The summed E-state index contributed by atoms with van der Waals surface area (Å²) in [6.45, 7) is 10.6. The van der Waals surface area contributed by atoms with Crippen LogP contribution in [0.3, 0.4) is 0 Å². The zero-order valence-corrected chi connectivity index (χ0v) is 23.9. The smallest absolute Gasteiger partial charge is 0.322 e. The Hall–Kier alpha value is -2.99. The molecule has 0 aliphatic carbocycles. The fourth-order valence-electron chi connectivity index (χ4n) is 3.57. The molecule has 214 valence electrons. The lowest BCUT2D eigenvalue weighted by molar-refractivity contribution is -0.142. The van der Waals surface area contributed by atoms with Crippen molar-refractivity contribution in [3.8, 4) is 0 Å². The van der Waals surface area contributed by atoms with Crippen molar-refractivity contribution in [1.82, 2.24) is 14.9 Å². The Morgan fingerprint density at radius 3 is 2.11 bits per heavy atom. The van der Waals surface area contributed by atoms with Crippen LogP contribution < -0.4 is 16.4 Å². The summed E-state index contributed by atoms with van der Waals surface area (Å²) in [5.74, 6) is -3.11. The van der Waals surface area contributed by atoms with Gasteiger partial charge in [-0.1, -0.05) is 52.3 Å². The third kappa shape index (κ3) is 10.4. The maximum absolute atomic E-state index is 13.4. The van der Waals surface area contributed by atoms with E-state index in [0.717, 1.165) is 9.87 Å². The van der Waals surface area contributed by atoms with Crippen LogP contribution in [0.15, 0.2) is 29.2 Å². The molecule has 0 saturated heterocycles. The number of aliphatic carboxylic acids is 1. The molecule has 0 saturated carbocycles. The van der Waals surface area contributed by atoms with E-state index in [1.807, 2.05) is 20.8 Å². The van der Waals surface area contributed by atoms with Crippen LogP contribution in [0, 0.1) is 18.3 Å². The number of primary amides is 1. The van der Waals surface area contributed by atoms with Gasteiger partial charge in [0.05, 0.1) is 11.3 Å². The van der Waals surface area contributed by atoms with Gasteiger partial charge in [0.2, 0.25) is 27.7 Å². The number of aryl methyl sites for hydroxylation is 1. The molecule has 0 bridgehead atoms. The molecule has 5 N–H and O–H groups in total. The second-order valence-corrected chi connectivity index (χ2v) is 12.8. The van der Waals surface area contributed by atoms with E-state index in [0.29, 0.717) is 12.8 Å². The van der Waals surface area contributed by atoms with Gasteiger partial charge in [0.15, 0.2) is 0 Å². The van der Waals surface area contributed by atoms with Crippen LogP contribution in [0.25, 0.3) is 0 Å². The molecule has 3 amide bonds. The van der Waals surface area contributed by atoms with Gasteiger partial charge in [-0.3, -0.25) is 19.2 Å². The van der Waals surface area contributed by atoms with Gasteiger partial charge in [-0.25, -0.2) is 8.42 Å². The topological polar surface area (TPSA) is 176 Å². The molecule has 38 heavy (non-hydrogen) atoms. The number of nitrogens with one attached hydrogen (secondary N) is 2. The predicted octanol–water partition coefficient (Wildman–Crippen LogP) is 1.79. The third-order valence-corrected chi connectivity index (χ3v) is 7.61. The number of nitrogens with zero attached hydrogens (tertiary/aromatic N) is 1. The summed E-state index contributed by atoms with van der Waals surface area (Å²) in [6.07, 6.45) is 0.334. The highest BCUT2D eigenvalue weighted by Crippen LogP contribution is 2.23. The van der Waals surface area contributed by atoms with E-state index in [9.17, 15) is 32.7 Å². The van der Waals surface area contributed by atoms with Crippen LogP contribution in [0.1, 0.15) is 65.9 Å². The highest BCUT2D eigenvalue weighted by atomic mass is 32.2. The Bertz CT molecular complexity index is 1080. The van der Waals surface area contributed by atoms with Crippen LogP contribution in [-0.4, -0.2) is 66.7 Å². The summed E-state index contributed by atoms with van der Waals surface area (Å²) >= 11 is 0. The van der Waals surface area contributed by atoms with Crippen molar-refractivity contribution >= 4 is 33.7 Å². The molecular weight excluding hydrogens is 512 g/mol. The molecule has 0 unspecified atom stereocenters. The van der Waals surface area contributed by atoms with Crippen molar-refractivity contribution in [3.63, 3.8) is 0 Å². The van der Waals surface area contributed by atoms with Crippen LogP contribution in [0.2, 0.25) is 0 Å². The quantitative estimate of drug-likeness (QED) is 0.239. The number of sulfonamides is 1. The highest BCUT2D eigenvalue weighted by Gasteiger charge is 2.36. The van der Waals surface area contributed by atoms with Gasteiger partial charge >= 0.3 is 5.97 Å². The van der Waals surface area contributed by atoms with Gasteiger partial charge in [0.25, 0.3) is 0 Å². The normalized spacial score (nSPS) is 13.7. The van der Waals surface area contributed by atoms with Gasteiger partial charge in [0.1, 0.15) is 12.1 Å². The Morgan fingerprint density at radius 2 is 1.63 bits per heavy atom. The first-order chi connectivity index (χ1) is 17.5. The Balaban J connectivity index is 2.87. The maximum Gasteiger partial charge on any atom is 0.322 e. The fraction of sp³-hybridized carbons (Fsp3) is 0.615. The lowest BCUT2D eigenvalue weighted by Gasteiger charge is -2.29. The molecule has 1 aromatic carbocycles. The predicted molar refractivity (Wildman–Crippen MR) is 143 cm³/mol. The number of benzene rings is 1. The maximum atomic E-state index is 13.4. The minimum atomic E-state index is -4.06. The molecule has 0 aliphatic heterocycles. The number of carbonyl (C=O) groups is 4. The number of carboxylic acid groups (broad SMARTS) is 1. The molecule has 11 nitrogen and oxygen atoms in total. The molecule has 1 aromatic rings. The van der Waals surface area contributed by atoms with Gasteiger partial charge in [0, 0.05) is 18.5 Å². The van der Waals surface area contributed by atoms with Crippen LogP contribution in [-0.2, 0) is 29.2 Å². The molecule has 12 heteroatoms. The molecular formula is C26H42N4O7S. The number of carboxylic acids is 1. The number of amides is 3. The molecule has 0 fully saturated rings. The van der Waals surface area contributed by atoms with Crippen molar-refractivity contribution in [1.29, 1.82) is 0 Å². The monoisotopic (exact) mass is 554 g/mol. The SMILES string of the molecule is Cc1ccc(S(=O)(=O)N(CC(C)C)[C@@H](CCCCNC(=O)[C@H](CC(N)=O)NC(=O)C(C)(C)C)C(=O)O)cc1. The third-order valence-electron chi connectivity index (χ3n) is 5.72. The van der Waals surface area contributed by atoms with Crippen molar-refractivity contribution in [2.24, 2.45) is 17.1 Å². The average molecular weight is 555 g/mol. The Kier molecular flexibility index (Phi) is 12.4. The molecule has 0 radical (unpaired) electrons. The first kappa shape index (κ1) is 33.0. The van der Waals surface area contributed by atoms with E-state index in [-0.39, 0.29) is 36.7 Å². The fourth-order valence-corrected chi connectivity index (χ4v) is 5.35. The minimum Gasteiger partial charge on any atom is -0.480 e. The van der Waals surface area contributed by atoms with Crippen molar-refractivity contribution < 1.29 is 32.7 Å². The van der Waals surface area contributed by atoms with Crippen molar-refractivity contribution in [2.45, 2.75) is 84.2 Å².